The fourth-order valence-corrected chi connectivity index (χ4v) is 3.84. The lowest BCUT2D eigenvalue weighted by Crippen LogP contribution is -2.49. The standard InChI is InChI=1S/C20H25N5O3/c1-3-28-20(27)24-10-8-14(9-11-24)19(26)25-13-12-23(2)17-18(25)22-16-7-5-4-6-15(16)21-17/h4-7,14H,3,8-13H2,1-2H3. The molecule has 148 valence electrons. The minimum absolute atomic E-state index is 0.0717. The first kappa shape index (κ1) is 18.5. The molecular formula is C20H25N5O3. The number of hydrogen-bond donors (Lipinski definition) is 0. The molecule has 4 rings (SSSR count). The molecule has 0 N–H and O–H groups in total. The first-order valence-corrected chi connectivity index (χ1v) is 9.79. The summed E-state index contributed by atoms with van der Waals surface area (Å²) in [7, 11) is 1.97. The molecule has 2 aliphatic heterocycles. The molecule has 2 aromatic rings. The molecule has 2 amide bonds. The van der Waals surface area contributed by atoms with Crippen LogP contribution in [-0.4, -0.2) is 66.7 Å². The van der Waals surface area contributed by atoms with Gasteiger partial charge in [0.15, 0.2) is 11.6 Å². The van der Waals surface area contributed by atoms with Crippen molar-refractivity contribution in [2.45, 2.75) is 19.8 Å². The zero-order valence-corrected chi connectivity index (χ0v) is 16.3. The molecule has 1 fully saturated rings. The van der Waals surface area contributed by atoms with Gasteiger partial charge in [0.25, 0.3) is 0 Å². The van der Waals surface area contributed by atoms with Crippen molar-refractivity contribution in [3.63, 3.8) is 0 Å². The number of amides is 2. The number of para-hydroxylation sites is 2. The van der Waals surface area contributed by atoms with E-state index in [-0.39, 0.29) is 17.9 Å². The molecule has 0 saturated carbocycles. The highest BCUT2D eigenvalue weighted by Crippen LogP contribution is 2.33. The molecular weight excluding hydrogens is 358 g/mol. The number of ether oxygens (including phenoxy) is 1. The molecule has 0 aliphatic carbocycles. The van der Waals surface area contributed by atoms with Gasteiger partial charge in [0.1, 0.15) is 0 Å². The van der Waals surface area contributed by atoms with Crippen molar-refractivity contribution < 1.29 is 14.3 Å². The van der Waals surface area contributed by atoms with Crippen LogP contribution in [0.4, 0.5) is 16.4 Å². The van der Waals surface area contributed by atoms with Gasteiger partial charge >= 0.3 is 6.09 Å². The maximum Gasteiger partial charge on any atom is 0.409 e. The molecule has 1 saturated heterocycles. The Labute approximate surface area is 164 Å². The van der Waals surface area contributed by atoms with Crippen molar-refractivity contribution in [3.8, 4) is 0 Å². The Bertz CT molecular complexity index is 895. The molecule has 2 aliphatic rings. The molecule has 1 aromatic heterocycles. The Morgan fingerprint density at radius 1 is 1.04 bits per heavy atom. The number of rotatable bonds is 2. The van der Waals surface area contributed by atoms with Gasteiger partial charge in [-0.3, -0.25) is 9.69 Å². The summed E-state index contributed by atoms with van der Waals surface area (Å²) in [5, 5.41) is 0. The Hall–Kier alpha value is -2.90. The third kappa shape index (κ3) is 3.34. The number of benzene rings is 1. The van der Waals surface area contributed by atoms with Crippen LogP contribution >= 0.6 is 0 Å². The second-order valence-electron chi connectivity index (χ2n) is 7.23. The fourth-order valence-electron chi connectivity index (χ4n) is 3.84. The third-order valence-corrected chi connectivity index (χ3v) is 5.45. The van der Waals surface area contributed by atoms with E-state index in [1.807, 2.05) is 36.2 Å². The van der Waals surface area contributed by atoms with Gasteiger partial charge in [-0.15, -0.1) is 0 Å². The Kier molecular flexibility index (Phi) is 5.02. The van der Waals surface area contributed by atoms with Crippen LogP contribution in [0.25, 0.3) is 11.0 Å². The molecule has 0 spiro atoms. The highest BCUT2D eigenvalue weighted by Gasteiger charge is 2.35. The van der Waals surface area contributed by atoms with E-state index in [9.17, 15) is 9.59 Å². The number of piperidine rings is 1. The van der Waals surface area contributed by atoms with E-state index >= 15 is 0 Å². The van der Waals surface area contributed by atoms with E-state index in [2.05, 4.69) is 0 Å². The van der Waals surface area contributed by atoms with E-state index in [0.29, 0.717) is 51.4 Å². The van der Waals surface area contributed by atoms with E-state index in [0.717, 1.165) is 16.9 Å². The van der Waals surface area contributed by atoms with Gasteiger partial charge in [-0.1, -0.05) is 12.1 Å². The van der Waals surface area contributed by atoms with Crippen LogP contribution in [0.5, 0.6) is 0 Å². The van der Waals surface area contributed by atoms with Crippen molar-refractivity contribution in [1.82, 2.24) is 14.9 Å². The molecule has 28 heavy (non-hydrogen) atoms. The lowest BCUT2D eigenvalue weighted by molar-refractivity contribution is -0.123. The van der Waals surface area contributed by atoms with Gasteiger partial charge in [0.05, 0.1) is 17.6 Å². The topological polar surface area (TPSA) is 78.9 Å². The quantitative estimate of drug-likeness (QED) is 0.792. The molecule has 0 radical (unpaired) electrons. The minimum Gasteiger partial charge on any atom is -0.450 e. The lowest BCUT2D eigenvalue weighted by Gasteiger charge is -2.37. The highest BCUT2D eigenvalue weighted by atomic mass is 16.6. The summed E-state index contributed by atoms with van der Waals surface area (Å²) < 4.78 is 5.06. The summed E-state index contributed by atoms with van der Waals surface area (Å²) in [6.45, 7) is 4.55. The summed E-state index contributed by atoms with van der Waals surface area (Å²) in [6.07, 6.45) is 0.983. The number of carbonyl (C=O) groups is 2. The van der Waals surface area contributed by atoms with Gasteiger partial charge in [-0.05, 0) is 31.9 Å². The monoisotopic (exact) mass is 383 g/mol. The lowest BCUT2D eigenvalue weighted by atomic mass is 9.95. The predicted molar refractivity (Wildman–Crippen MR) is 106 cm³/mol. The molecule has 0 bridgehead atoms. The van der Waals surface area contributed by atoms with Crippen molar-refractivity contribution >= 4 is 34.7 Å². The number of anilines is 2. The zero-order valence-electron chi connectivity index (χ0n) is 16.3. The Morgan fingerprint density at radius 3 is 2.32 bits per heavy atom. The third-order valence-electron chi connectivity index (χ3n) is 5.45. The van der Waals surface area contributed by atoms with Gasteiger partial charge in [-0.25, -0.2) is 14.8 Å². The van der Waals surface area contributed by atoms with Crippen LogP contribution in [0.15, 0.2) is 24.3 Å². The van der Waals surface area contributed by atoms with Crippen molar-refractivity contribution in [2.75, 3.05) is 49.6 Å². The number of likely N-dealkylation sites (tertiary alicyclic amines) is 1. The summed E-state index contributed by atoms with van der Waals surface area (Å²) >= 11 is 0. The summed E-state index contributed by atoms with van der Waals surface area (Å²) in [4.78, 5) is 40.1. The number of aromatic nitrogens is 2. The normalized spacial score (nSPS) is 17.6. The molecule has 0 unspecified atom stereocenters. The largest absolute Gasteiger partial charge is 0.450 e. The Balaban J connectivity index is 1.54. The van der Waals surface area contributed by atoms with Crippen molar-refractivity contribution in [1.29, 1.82) is 0 Å². The first-order chi connectivity index (χ1) is 13.6. The second kappa shape index (κ2) is 7.61. The van der Waals surface area contributed by atoms with Gasteiger partial charge in [0, 0.05) is 39.1 Å². The minimum atomic E-state index is -0.296. The second-order valence-corrected chi connectivity index (χ2v) is 7.23. The molecule has 8 heteroatoms. The van der Waals surface area contributed by atoms with Crippen LogP contribution in [0.1, 0.15) is 19.8 Å². The van der Waals surface area contributed by atoms with Crippen LogP contribution in [-0.2, 0) is 9.53 Å². The summed E-state index contributed by atoms with van der Waals surface area (Å²) in [6, 6.07) is 7.71. The number of carbonyl (C=O) groups excluding carboxylic acids is 2. The van der Waals surface area contributed by atoms with Crippen molar-refractivity contribution in [3.05, 3.63) is 24.3 Å². The zero-order chi connectivity index (χ0) is 19.7. The van der Waals surface area contributed by atoms with E-state index in [1.54, 1.807) is 16.7 Å². The van der Waals surface area contributed by atoms with Crippen LogP contribution in [0, 0.1) is 5.92 Å². The van der Waals surface area contributed by atoms with Gasteiger partial charge < -0.3 is 14.5 Å². The van der Waals surface area contributed by atoms with Gasteiger partial charge in [-0.2, -0.15) is 0 Å². The first-order valence-electron chi connectivity index (χ1n) is 9.79. The van der Waals surface area contributed by atoms with Crippen LogP contribution in [0.2, 0.25) is 0 Å². The van der Waals surface area contributed by atoms with Crippen LogP contribution < -0.4 is 9.80 Å². The maximum atomic E-state index is 13.3. The number of nitrogens with zero attached hydrogens (tertiary/aromatic N) is 5. The Morgan fingerprint density at radius 2 is 1.68 bits per heavy atom. The van der Waals surface area contributed by atoms with Crippen LogP contribution in [0.3, 0.4) is 0 Å². The number of hydrogen-bond acceptors (Lipinski definition) is 6. The smallest absolute Gasteiger partial charge is 0.409 e. The fraction of sp³-hybridized carbons (Fsp3) is 0.500. The van der Waals surface area contributed by atoms with E-state index in [4.69, 9.17) is 14.7 Å². The average molecular weight is 383 g/mol. The van der Waals surface area contributed by atoms with E-state index < -0.39 is 0 Å². The molecule has 0 atom stereocenters. The molecule has 3 heterocycles. The SMILES string of the molecule is CCOC(=O)N1CCC(C(=O)N2CCN(C)c3nc4ccccc4nc32)CC1. The molecule has 1 aromatic carbocycles. The number of likely N-dealkylation sites (N-methyl/N-ethyl adjacent to an activating group) is 1. The average Bonchev–Trinajstić information content (AvgIpc) is 2.73. The highest BCUT2D eigenvalue weighted by molar-refractivity contribution is 5.98. The van der Waals surface area contributed by atoms with Gasteiger partial charge in [0.2, 0.25) is 5.91 Å². The predicted octanol–water partition coefficient (Wildman–Crippen LogP) is 2.28. The maximum absolute atomic E-state index is 13.3. The summed E-state index contributed by atoms with van der Waals surface area (Å²) in [5.41, 5.74) is 1.61. The van der Waals surface area contributed by atoms with E-state index in [1.165, 1.54) is 0 Å². The summed E-state index contributed by atoms with van der Waals surface area (Å²) in [5.74, 6) is 1.32. The molecule has 8 nitrogen and oxygen atoms in total. The van der Waals surface area contributed by atoms with Crippen molar-refractivity contribution in [2.24, 2.45) is 5.92 Å². The number of fused-ring (bicyclic) bond motifs is 2.